The molecule has 2 aromatic rings. The molecule has 144 valence electrons. The number of hydrogen-bond donors (Lipinski definition) is 2. The summed E-state index contributed by atoms with van der Waals surface area (Å²) in [5.41, 5.74) is 6.86. The average Bonchev–Trinajstić information content (AvgIpc) is 3.23. The van der Waals surface area contributed by atoms with E-state index in [0.717, 1.165) is 50.9 Å². The van der Waals surface area contributed by atoms with Crippen LogP contribution in [0.15, 0.2) is 42.7 Å². The second kappa shape index (κ2) is 10.6. The lowest BCUT2D eigenvalue weighted by atomic mass is 9.98. The number of carbonyl (C=O) groups is 1. The summed E-state index contributed by atoms with van der Waals surface area (Å²) in [5.74, 6) is 0.844. The van der Waals surface area contributed by atoms with Crippen LogP contribution in [0, 0.1) is 0 Å². The molecule has 1 aliphatic carbocycles. The van der Waals surface area contributed by atoms with Crippen LogP contribution in [0.5, 0.6) is 0 Å². The van der Waals surface area contributed by atoms with Gasteiger partial charge in [-0.3, -0.25) is 4.79 Å². The van der Waals surface area contributed by atoms with Gasteiger partial charge in [-0.25, -0.2) is 4.98 Å². The highest BCUT2D eigenvalue weighted by atomic mass is 35.5. The number of nitrogens with two attached hydrogens (primary N) is 1. The number of aromatic nitrogens is 2. The van der Waals surface area contributed by atoms with Crippen molar-refractivity contribution < 1.29 is 4.79 Å². The minimum absolute atomic E-state index is 0. The third-order valence-electron chi connectivity index (χ3n) is 4.86. The molecule has 0 spiro atoms. The first-order valence-corrected chi connectivity index (χ1v) is 8.78. The van der Waals surface area contributed by atoms with Gasteiger partial charge in [0.05, 0.1) is 12.1 Å². The monoisotopic (exact) mass is 398 g/mol. The van der Waals surface area contributed by atoms with Crippen LogP contribution in [-0.2, 0) is 24.3 Å². The zero-order valence-electron chi connectivity index (χ0n) is 14.9. The zero-order chi connectivity index (χ0) is 16.8. The Balaban J connectivity index is 0.00000169. The molecule has 5 nitrogen and oxygen atoms in total. The summed E-state index contributed by atoms with van der Waals surface area (Å²) in [6.45, 7) is 1.34. The van der Waals surface area contributed by atoms with Crippen molar-refractivity contribution in [1.29, 1.82) is 0 Å². The number of aryl methyl sites for hydroxylation is 2. The maximum Gasteiger partial charge on any atom is 0.240 e. The molecule has 3 rings (SSSR count). The second-order valence-corrected chi connectivity index (χ2v) is 6.67. The van der Waals surface area contributed by atoms with Gasteiger partial charge in [0.1, 0.15) is 5.82 Å². The third-order valence-corrected chi connectivity index (χ3v) is 4.86. The van der Waals surface area contributed by atoms with E-state index < -0.39 is 5.54 Å². The summed E-state index contributed by atoms with van der Waals surface area (Å²) in [6, 6.07) is 10.5. The number of imidazole rings is 1. The largest absolute Gasteiger partial charge is 0.347 e. The second-order valence-electron chi connectivity index (χ2n) is 6.67. The van der Waals surface area contributed by atoms with Gasteiger partial charge in [0, 0.05) is 18.9 Å². The lowest BCUT2D eigenvalue weighted by molar-refractivity contribution is -0.126. The van der Waals surface area contributed by atoms with Crippen molar-refractivity contribution >= 4 is 30.7 Å². The highest BCUT2D eigenvalue weighted by Crippen LogP contribution is 2.27. The molecule has 0 bridgehead atoms. The third kappa shape index (κ3) is 5.73. The lowest BCUT2D eigenvalue weighted by Crippen LogP contribution is -2.51. The van der Waals surface area contributed by atoms with Gasteiger partial charge in [-0.1, -0.05) is 43.2 Å². The number of benzene rings is 1. The molecule has 1 fully saturated rings. The molecule has 1 aromatic heterocycles. The van der Waals surface area contributed by atoms with Gasteiger partial charge in [0.2, 0.25) is 5.91 Å². The highest BCUT2D eigenvalue weighted by molar-refractivity contribution is 5.86. The van der Waals surface area contributed by atoms with Crippen LogP contribution >= 0.6 is 24.8 Å². The molecule has 0 atom stereocenters. The first-order valence-electron chi connectivity index (χ1n) is 8.78. The number of halogens is 2. The van der Waals surface area contributed by atoms with Gasteiger partial charge in [0.15, 0.2) is 0 Å². The lowest BCUT2D eigenvalue weighted by Gasteiger charge is -2.22. The van der Waals surface area contributed by atoms with Crippen molar-refractivity contribution in [1.82, 2.24) is 14.9 Å². The fourth-order valence-corrected chi connectivity index (χ4v) is 3.38. The molecule has 0 aliphatic heterocycles. The molecule has 26 heavy (non-hydrogen) atoms. The van der Waals surface area contributed by atoms with Crippen LogP contribution in [-0.4, -0.2) is 21.0 Å². The van der Waals surface area contributed by atoms with E-state index in [9.17, 15) is 4.79 Å². The molecule has 1 heterocycles. The number of nitrogens with one attached hydrogen (secondary N) is 1. The van der Waals surface area contributed by atoms with Crippen molar-refractivity contribution in [2.75, 3.05) is 0 Å². The van der Waals surface area contributed by atoms with E-state index in [1.54, 1.807) is 6.20 Å². The Morgan fingerprint density at radius 2 is 1.88 bits per heavy atom. The first kappa shape index (κ1) is 22.5. The Labute approximate surface area is 167 Å². The topological polar surface area (TPSA) is 72.9 Å². The molecule has 0 unspecified atom stereocenters. The van der Waals surface area contributed by atoms with Crippen molar-refractivity contribution in [2.24, 2.45) is 5.73 Å². The Kier molecular flexibility index (Phi) is 9.13. The number of rotatable bonds is 7. The zero-order valence-corrected chi connectivity index (χ0v) is 16.5. The molecule has 3 N–H and O–H groups in total. The number of carbonyl (C=O) groups excluding carboxylic acids is 1. The molecule has 0 saturated heterocycles. The SMILES string of the molecule is Cl.Cl.NC1(C(=O)NCc2nccn2CCCc2ccccc2)CCCC1. The van der Waals surface area contributed by atoms with Gasteiger partial charge in [-0.15, -0.1) is 24.8 Å². The van der Waals surface area contributed by atoms with Crippen molar-refractivity contribution in [3.8, 4) is 0 Å². The van der Waals surface area contributed by atoms with Crippen molar-refractivity contribution in [3.05, 3.63) is 54.1 Å². The van der Waals surface area contributed by atoms with E-state index in [2.05, 4.69) is 39.1 Å². The molecular formula is C19H28Cl2N4O. The van der Waals surface area contributed by atoms with Crippen LogP contribution in [0.25, 0.3) is 0 Å². The molecule has 1 amide bonds. The molecule has 1 aliphatic rings. The van der Waals surface area contributed by atoms with Gasteiger partial charge in [-0.2, -0.15) is 0 Å². The number of hydrogen-bond acceptors (Lipinski definition) is 3. The van der Waals surface area contributed by atoms with E-state index >= 15 is 0 Å². The number of amides is 1. The minimum atomic E-state index is -0.676. The molecule has 7 heteroatoms. The van der Waals surface area contributed by atoms with E-state index in [-0.39, 0.29) is 30.7 Å². The summed E-state index contributed by atoms with van der Waals surface area (Å²) in [6.07, 6.45) is 9.49. The van der Waals surface area contributed by atoms with Gasteiger partial charge < -0.3 is 15.6 Å². The predicted molar refractivity (Wildman–Crippen MR) is 109 cm³/mol. The number of nitrogens with zero attached hydrogens (tertiary/aromatic N) is 2. The van der Waals surface area contributed by atoms with Crippen molar-refractivity contribution in [3.63, 3.8) is 0 Å². The predicted octanol–water partition coefficient (Wildman–Crippen LogP) is 3.25. The fourth-order valence-electron chi connectivity index (χ4n) is 3.38. The Bertz CT molecular complexity index is 669. The molecule has 1 saturated carbocycles. The normalized spacial score (nSPS) is 15.0. The summed E-state index contributed by atoms with van der Waals surface area (Å²) >= 11 is 0. The average molecular weight is 399 g/mol. The fraction of sp³-hybridized carbons (Fsp3) is 0.474. The van der Waals surface area contributed by atoms with Crippen LogP contribution in [0.2, 0.25) is 0 Å². The highest BCUT2D eigenvalue weighted by Gasteiger charge is 2.36. The van der Waals surface area contributed by atoms with Crippen LogP contribution in [0.4, 0.5) is 0 Å². The van der Waals surface area contributed by atoms with Gasteiger partial charge >= 0.3 is 0 Å². The Hall–Kier alpha value is -1.56. The summed E-state index contributed by atoms with van der Waals surface area (Å²) in [5, 5.41) is 2.97. The molecule has 1 aromatic carbocycles. The van der Waals surface area contributed by atoms with Crippen LogP contribution < -0.4 is 11.1 Å². The van der Waals surface area contributed by atoms with E-state index in [1.165, 1.54) is 5.56 Å². The van der Waals surface area contributed by atoms with E-state index in [4.69, 9.17) is 5.73 Å². The smallest absolute Gasteiger partial charge is 0.240 e. The van der Waals surface area contributed by atoms with E-state index in [1.807, 2.05) is 12.3 Å². The summed E-state index contributed by atoms with van der Waals surface area (Å²) < 4.78 is 2.11. The Morgan fingerprint density at radius 1 is 1.19 bits per heavy atom. The van der Waals surface area contributed by atoms with Crippen LogP contribution in [0.3, 0.4) is 0 Å². The van der Waals surface area contributed by atoms with E-state index in [0.29, 0.717) is 6.54 Å². The summed E-state index contributed by atoms with van der Waals surface area (Å²) in [7, 11) is 0. The van der Waals surface area contributed by atoms with Gasteiger partial charge in [0.25, 0.3) is 0 Å². The minimum Gasteiger partial charge on any atom is -0.347 e. The maximum atomic E-state index is 12.3. The quantitative estimate of drug-likeness (QED) is 0.751. The van der Waals surface area contributed by atoms with Gasteiger partial charge in [-0.05, 0) is 31.2 Å². The van der Waals surface area contributed by atoms with Crippen molar-refractivity contribution in [2.45, 2.75) is 57.2 Å². The standard InChI is InChI=1S/C19H26N4O.2ClH/c20-19(10-4-5-11-19)18(24)22-15-17-21-12-14-23(17)13-6-9-16-7-2-1-3-8-16;;/h1-3,7-8,12,14H,4-6,9-11,13,15,20H2,(H,22,24);2*1H. The first-order chi connectivity index (χ1) is 11.7. The maximum absolute atomic E-state index is 12.3. The molecular weight excluding hydrogens is 371 g/mol. The van der Waals surface area contributed by atoms with Crippen LogP contribution in [0.1, 0.15) is 43.5 Å². The Morgan fingerprint density at radius 3 is 2.58 bits per heavy atom. The summed E-state index contributed by atoms with van der Waals surface area (Å²) in [4.78, 5) is 16.7. The molecule has 0 radical (unpaired) electrons.